The number of carbonyl (C=O) groups excluding carboxylic acids is 1. The van der Waals surface area contributed by atoms with E-state index in [2.05, 4.69) is 4.98 Å². The fourth-order valence-electron chi connectivity index (χ4n) is 1.38. The van der Waals surface area contributed by atoms with Crippen molar-refractivity contribution < 1.29 is 13.9 Å². The van der Waals surface area contributed by atoms with Crippen molar-refractivity contribution in [3.8, 4) is 0 Å². The van der Waals surface area contributed by atoms with Crippen molar-refractivity contribution in [3.05, 3.63) is 69.9 Å². The first-order chi connectivity index (χ1) is 8.66. The van der Waals surface area contributed by atoms with Gasteiger partial charge >= 0.3 is 5.97 Å². The Hall–Kier alpha value is -2.43. The number of esters is 1. The highest BCUT2D eigenvalue weighted by molar-refractivity contribution is 5.89. The molecule has 0 bridgehead atoms. The van der Waals surface area contributed by atoms with Gasteiger partial charge in [-0.15, -0.1) is 0 Å². The van der Waals surface area contributed by atoms with E-state index in [4.69, 9.17) is 4.74 Å². The first-order valence-electron chi connectivity index (χ1n) is 5.26. The number of aromatic nitrogens is 1. The summed E-state index contributed by atoms with van der Waals surface area (Å²) in [6.45, 7) is -0.119. The molecule has 2 aromatic rings. The van der Waals surface area contributed by atoms with Crippen LogP contribution < -0.4 is 5.56 Å². The van der Waals surface area contributed by atoms with Crippen molar-refractivity contribution in [3.63, 3.8) is 0 Å². The molecular weight excluding hydrogens is 237 g/mol. The lowest BCUT2D eigenvalue weighted by atomic mass is 10.2. The molecule has 1 N–H and O–H groups in total. The zero-order valence-corrected chi connectivity index (χ0v) is 9.35. The van der Waals surface area contributed by atoms with E-state index in [0.29, 0.717) is 5.56 Å². The standard InChI is InChI=1S/C13H10FNO3/c14-11-5-3-9(4-6-11)13(17)18-8-10-2-1-7-15-12(10)16/h1-7H,8H2,(H,15,16). The van der Waals surface area contributed by atoms with Crippen molar-refractivity contribution in [1.29, 1.82) is 0 Å². The van der Waals surface area contributed by atoms with E-state index in [1.54, 1.807) is 12.1 Å². The Labute approximate surface area is 102 Å². The molecule has 2 rings (SSSR count). The maximum absolute atomic E-state index is 12.7. The number of aromatic amines is 1. The van der Waals surface area contributed by atoms with Crippen molar-refractivity contribution in [1.82, 2.24) is 4.98 Å². The van der Waals surface area contributed by atoms with Gasteiger partial charge in [0.2, 0.25) is 0 Å². The lowest BCUT2D eigenvalue weighted by Gasteiger charge is -2.04. The molecule has 1 aromatic carbocycles. The van der Waals surface area contributed by atoms with Crippen LogP contribution in [0.2, 0.25) is 0 Å². The second-order valence-corrected chi connectivity index (χ2v) is 3.61. The predicted octanol–water partition coefficient (Wildman–Crippen LogP) is 1.87. The largest absolute Gasteiger partial charge is 0.457 e. The van der Waals surface area contributed by atoms with E-state index in [1.165, 1.54) is 30.5 Å². The van der Waals surface area contributed by atoms with Crippen LogP contribution in [0.1, 0.15) is 15.9 Å². The third kappa shape index (κ3) is 2.82. The molecule has 0 atom stereocenters. The van der Waals surface area contributed by atoms with Gasteiger partial charge in [-0.25, -0.2) is 9.18 Å². The minimum absolute atomic E-state index is 0.119. The summed E-state index contributed by atoms with van der Waals surface area (Å²) in [6, 6.07) is 8.21. The van der Waals surface area contributed by atoms with Crippen molar-refractivity contribution in [2.75, 3.05) is 0 Å². The van der Waals surface area contributed by atoms with Crippen LogP contribution in [0.3, 0.4) is 0 Å². The number of ether oxygens (including phenoxy) is 1. The Morgan fingerprint density at radius 3 is 2.61 bits per heavy atom. The molecule has 0 fully saturated rings. The summed E-state index contributed by atoms with van der Waals surface area (Å²) >= 11 is 0. The number of H-pyrrole nitrogens is 1. The fourth-order valence-corrected chi connectivity index (χ4v) is 1.38. The molecule has 0 aliphatic heterocycles. The summed E-state index contributed by atoms with van der Waals surface area (Å²) in [5, 5.41) is 0. The Morgan fingerprint density at radius 1 is 1.22 bits per heavy atom. The van der Waals surface area contributed by atoms with Crippen LogP contribution in [0, 0.1) is 5.82 Å². The normalized spacial score (nSPS) is 10.1. The fraction of sp³-hybridized carbons (Fsp3) is 0.0769. The molecule has 0 aliphatic rings. The van der Waals surface area contributed by atoms with Gasteiger partial charge < -0.3 is 9.72 Å². The monoisotopic (exact) mass is 247 g/mol. The summed E-state index contributed by atoms with van der Waals surface area (Å²) < 4.78 is 17.6. The van der Waals surface area contributed by atoms with Crippen LogP contribution >= 0.6 is 0 Å². The topological polar surface area (TPSA) is 59.2 Å². The van der Waals surface area contributed by atoms with Gasteiger partial charge in [0, 0.05) is 6.20 Å². The molecule has 92 valence electrons. The van der Waals surface area contributed by atoms with Gasteiger partial charge in [0.25, 0.3) is 5.56 Å². The summed E-state index contributed by atoms with van der Waals surface area (Å²) in [4.78, 5) is 25.4. The summed E-state index contributed by atoms with van der Waals surface area (Å²) in [7, 11) is 0. The number of hydrogen-bond acceptors (Lipinski definition) is 3. The number of pyridine rings is 1. The highest BCUT2D eigenvalue weighted by atomic mass is 19.1. The van der Waals surface area contributed by atoms with E-state index in [1.807, 2.05) is 0 Å². The minimum Gasteiger partial charge on any atom is -0.457 e. The molecular formula is C13H10FNO3. The molecule has 0 amide bonds. The minimum atomic E-state index is -0.599. The Morgan fingerprint density at radius 2 is 1.94 bits per heavy atom. The van der Waals surface area contributed by atoms with Crippen molar-refractivity contribution in [2.24, 2.45) is 0 Å². The van der Waals surface area contributed by atoms with Gasteiger partial charge in [0.15, 0.2) is 0 Å². The highest BCUT2D eigenvalue weighted by Gasteiger charge is 2.08. The van der Waals surface area contributed by atoms with E-state index < -0.39 is 11.8 Å². The van der Waals surface area contributed by atoms with Gasteiger partial charge in [-0.05, 0) is 36.4 Å². The Kier molecular flexibility index (Phi) is 3.52. The molecule has 0 radical (unpaired) electrons. The molecule has 0 unspecified atom stereocenters. The Balaban J connectivity index is 2.03. The van der Waals surface area contributed by atoms with Crippen LogP contribution in [-0.4, -0.2) is 11.0 Å². The van der Waals surface area contributed by atoms with Crippen molar-refractivity contribution in [2.45, 2.75) is 6.61 Å². The third-order valence-corrected chi connectivity index (χ3v) is 2.34. The molecule has 18 heavy (non-hydrogen) atoms. The van der Waals surface area contributed by atoms with Crippen molar-refractivity contribution >= 4 is 5.97 Å². The number of benzene rings is 1. The van der Waals surface area contributed by atoms with Gasteiger partial charge in [-0.3, -0.25) is 4.79 Å². The molecule has 4 nitrogen and oxygen atoms in total. The molecule has 0 saturated carbocycles. The zero-order chi connectivity index (χ0) is 13.0. The smallest absolute Gasteiger partial charge is 0.338 e. The molecule has 1 heterocycles. The number of halogens is 1. The third-order valence-electron chi connectivity index (χ3n) is 2.34. The zero-order valence-electron chi connectivity index (χ0n) is 9.35. The Bertz CT molecular complexity index is 604. The van der Waals surface area contributed by atoms with Gasteiger partial charge in [-0.1, -0.05) is 0 Å². The second kappa shape index (κ2) is 5.27. The average molecular weight is 247 g/mol. The van der Waals surface area contributed by atoms with E-state index in [0.717, 1.165) is 0 Å². The van der Waals surface area contributed by atoms with Crippen LogP contribution in [0.15, 0.2) is 47.4 Å². The number of hydrogen-bond donors (Lipinski definition) is 1. The average Bonchev–Trinajstić information content (AvgIpc) is 2.38. The first-order valence-corrected chi connectivity index (χ1v) is 5.26. The first kappa shape index (κ1) is 12.0. The maximum atomic E-state index is 12.7. The van der Waals surface area contributed by atoms with E-state index in [9.17, 15) is 14.0 Å². The van der Waals surface area contributed by atoms with Gasteiger partial charge in [0.05, 0.1) is 11.1 Å². The molecule has 0 saturated heterocycles. The predicted molar refractivity (Wildman–Crippen MR) is 62.6 cm³/mol. The molecule has 5 heteroatoms. The van der Waals surface area contributed by atoms with Gasteiger partial charge in [0.1, 0.15) is 12.4 Å². The maximum Gasteiger partial charge on any atom is 0.338 e. The summed E-state index contributed by atoms with van der Waals surface area (Å²) in [5.41, 5.74) is 0.293. The van der Waals surface area contributed by atoms with Crippen LogP contribution in [-0.2, 0) is 11.3 Å². The number of rotatable bonds is 3. The molecule has 0 spiro atoms. The summed E-state index contributed by atoms with van der Waals surface area (Å²) in [6.07, 6.45) is 1.49. The lowest BCUT2D eigenvalue weighted by molar-refractivity contribution is 0.0471. The van der Waals surface area contributed by atoms with E-state index >= 15 is 0 Å². The van der Waals surface area contributed by atoms with Crippen LogP contribution in [0.25, 0.3) is 0 Å². The van der Waals surface area contributed by atoms with E-state index in [-0.39, 0.29) is 17.7 Å². The van der Waals surface area contributed by atoms with Crippen LogP contribution in [0.4, 0.5) is 4.39 Å². The molecule has 0 aliphatic carbocycles. The second-order valence-electron chi connectivity index (χ2n) is 3.61. The van der Waals surface area contributed by atoms with Gasteiger partial charge in [-0.2, -0.15) is 0 Å². The number of nitrogens with one attached hydrogen (secondary N) is 1. The summed E-state index contributed by atoms with van der Waals surface area (Å²) in [5.74, 6) is -1.02. The number of carbonyl (C=O) groups is 1. The SMILES string of the molecule is O=C(OCc1ccc[nH]c1=O)c1ccc(F)cc1. The quantitative estimate of drug-likeness (QED) is 0.842. The van der Waals surface area contributed by atoms with Crippen LogP contribution in [0.5, 0.6) is 0 Å². The highest BCUT2D eigenvalue weighted by Crippen LogP contribution is 2.05. The molecule has 1 aromatic heterocycles. The lowest BCUT2D eigenvalue weighted by Crippen LogP contribution is -2.14.